The first-order valence-electron chi connectivity index (χ1n) is 7.55. The van der Waals surface area contributed by atoms with Gasteiger partial charge in [-0.15, -0.1) is 0 Å². The summed E-state index contributed by atoms with van der Waals surface area (Å²) >= 11 is 0. The summed E-state index contributed by atoms with van der Waals surface area (Å²) < 4.78 is 4.95. The maximum Gasteiger partial charge on any atom is 0.338 e. The molecule has 0 N–H and O–H groups in total. The van der Waals surface area contributed by atoms with Crippen LogP contribution < -0.4 is 0 Å². The van der Waals surface area contributed by atoms with Crippen molar-refractivity contribution < 1.29 is 14.5 Å². The minimum atomic E-state index is -0.405. The molecule has 0 aliphatic rings. The Hall–Kier alpha value is -3.21. The minimum Gasteiger partial charge on any atom is -0.462 e. The predicted molar refractivity (Wildman–Crippen MR) is 92.0 cm³/mol. The molecule has 0 unspecified atom stereocenters. The van der Waals surface area contributed by atoms with Crippen molar-refractivity contribution in [1.82, 2.24) is 0 Å². The second-order valence-electron chi connectivity index (χ2n) is 5.24. The quantitative estimate of drug-likeness (QED) is 0.400. The molecule has 0 heterocycles. The summed E-state index contributed by atoms with van der Waals surface area (Å²) in [6, 6.07) is 17.4. The van der Waals surface area contributed by atoms with Crippen molar-refractivity contribution in [3.05, 3.63) is 76.3 Å². The molecule has 0 aliphatic carbocycles. The summed E-state index contributed by atoms with van der Waals surface area (Å²) in [4.78, 5) is 22.9. The number of benzene rings is 3. The fourth-order valence-electron chi connectivity index (χ4n) is 2.69. The zero-order valence-corrected chi connectivity index (χ0v) is 13.1. The van der Waals surface area contributed by atoms with E-state index in [2.05, 4.69) is 0 Å². The molecule has 0 fully saturated rings. The Morgan fingerprint density at radius 1 is 1.04 bits per heavy atom. The molecule has 5 heteroatoms. The number of nitro benzene ring substituents is 1. The van der Waals surface area contributed by atoms with E-state index in [-0.39, 0.29) is 10.6 Å². The largest absolute Gasteiger partial charge is 0.462 e. The third-order valence-corrected chi connectivity index (χ3v) is 3.79. The van der Waals surface area contributed by atoms with Gasteiger partial charge in [-0.2, -0.15) is 0 Å². The average Bonchev–Trinajstić information content (AvgIpc) is 2.61. The molecule has 0 aliphatic heterocycles. The van der Waals surface area contributed by atoms with Crippen LogP contribution >= 0.6 is 0 Å². The Morgan fingerprint density at radius 3 is 2.42 bits per heavy atom. The lowest BCUT2D eigenvalue weighted by Gasteiger charge is -2.08. The number of hydrogen-bond acceptors (Lipinski definition) is 4. The van der Waals surface area contributed by atoms with Gasteiger partial charge in [-0.1, -0.05) is 36.4 Å². The number of ether oxygens (including phenoxy) is 1. The number of nitrogens with zero attached hydrogens (tertiary/aromatic N) is 1. The smallest absolute Gasteiger partial charge is 0.338 e. The van der Waals surface area contributed by atoms with Crippen molar-refractivity contribution >= 4 is 22.4 Å². The number of rotatable bonds is 4. The molecule has 3 aromatic carbocycles. The number of fused-ring (bicyclic) bond motifs is 1. The van der Waals surface area contributed by atoms with E-state index in [1.807, 2.05) is 18.2 Å². The van der Waals surface area contributed by atoms with E-state index in [0.717, 1.165) is 5.39 Å². The zero-order valence-electron chi connectivity index (χ0n) is 13.1. The number of carbonyl (C=O) groups excluding carboxylic acids is 1. The Morgan fingerprint density at radius 2 is 1.75 bits per heavy atom. The normalized spacial score (nSPS) is 10.5. The minimum absolute atomic E-state index is 0.0667. The maximum absolute atomic E-state index is 11.7. The highest BCUT2D eigenvalue weighted by Crippen LogP contribution is 2.36. The summed E-state index contributed by atoms with van der Waals surface area (Å²) in [6.07, 6.45) is 0. The highest BCUT2D eigenvalue weighted by molar-refractivity contribution is 5.98. The highest BCUT2D eigenvalue weighted by atomic mass is 16.6. The highest BCUT2D eigenvalue weighted by Gasteiger charge is 2.19. The van der Waals surface area contributed by atoms with Crippen molar-refractivity contribution in [3.63, 3.8) is 0 Å². The molecule has 5 nitrogen and oxygen atoms in total. The van der Waals surface area contributed by atoms with E-state index >= 15 is 0 Å². The van der Waals surface area contributed by atoms with Gasteiger partial charge in [0.25, 0.3) is 5.69 Å². The van der Waals surface area contributed by atoms with Gasteiger partial charge in [0.15, 0.2) is 0 Å². The van der Waals surface area contributed by atoms with Crippen LogP contribution in [0, 0.1) is 10.1 Å². The Kier molecular flexibility index (Phi) is 4.24. The van der Waals surface area contributed by atoms with Crippen LogP contribution in [0.2, 0.25) is 0 Å². The maximum atomic E-state index is 11.7. The van der Waals surface area contributed by atoms with Gasteiger partial charge in [0, 0.05) is 0 Å². The van der Waals surface area contributed by atoms with Gasteiger partial charge in [0.1, 0.15) is 0 Å². The molecular weight excluding hydrogens is 306 g/mol. The summed E-state index contributed by atoms with van der Waals surface area (Å²) in [6.45, 7) is 2.04. The van der Waals surface area contributed by atoms with Crippen LogP contribution in [0.3, 0.4) is 0 Å². The second kappa shape index (κ2) is 6.50. The van der Waals surface area contributed by atoms with E-state index in [4.69, 9.17) is 4.74 Å². The van der Waals surface area contributed by atoms with Gasteiger partial charge >= 0.3 is 5.97 Å². The Labute approximate surface area is 138 Å². The summed E-state index contributed by atoms with van der Waals surface area (Å²) in [7, 11) is 0. The zero-order chi connectivity index (χ0) is 17.1. The summed E-state index contributed by atoms with van der Waals surface area (Å²) in [5.74, 6) is -0.405. The van der Waals surface area contributed by atoms with E-state index in [9.17, 15) is 14.9 Å². The standard InChI is InChI=1S/C19H15NO4/c1-2-24-19(21)15-9-7-14(8-10-15)17-12-11-13-5-3-4-6-16(13)18(17)20(22)23/h3-12H,2H2,1H3. The lowest BCUT2D eigenvalue weighted by Crippen LogP contribution is -2.04. The molecule has 120 valence electrons. The molecule has 0 bridgehead atoms. The third kappa shape index (κ3) is 2.84. The van der Waals surface area contributed by atoms with E-state index in [1.165, 1.54) is 0 Å². The van der Waals surface area contributed by atoms with E-state index in [0.29, 0.717) is 28.7 Å². The van der Waals surface area contributed by atoms with Crippen molar-refractivity contribution in [1.29, 1.82) is 0 Å². The first kappa shape index (κ1) is 15.7. The van der Waals surface area contributed by atoms with Crippen LogP contribution in [-0.2, 0) is 4.74 Å². The number of nitro groups is 1. The Balaban J connectivity index is 2.11. The molecule has 0 saturated carbocycles. The fraction of sp³-hybridized carbons (Fsp3) is 0.105. The molecule has 0 atom stereocenters. The van der Waals surface area contributed by atoms with Gasteiger partial charge in [-0.25, -0.2) is 4.79 Å². The molecule has 24 heavy (non-hydrogen) atoms. The van der Waals surface area contributed by atoms with Crippen molar-refractivity contribution in [2.75, 3.05) is 6.61 Å². The van der Waals surface area contributed by atoms with Crippen LogP contribution in [-0.4, -0.2) is 17.5 Å². The van der Waals surface area contributed by atoms with Gasteiger partial charge in [-0.05, 0) is 42.1 Å². The molecule has 0 amide bonds. The topological polar surface area (TPSA) is 69.4 Å². The third-order valence-electron chi connectivity index (χ3n) is 3.79. The van der Waals surface area contributed by atoms with Crippen LogP contribution in [0.5, 0.6) is 0 Å². The summed E-state index contributed by atoms with van der Waals surface area (Å²) in [5.41, 5.74) is 1.69. The fourth-order valence-corrected chi connectivity index (χ4v) is 2.69. The monoisotopic (exact) mass is 321 g/mol. The molecule has 3 rings (SSSR count). The van der Waals surface area contributed by atoms with Gasteiger partial charge < -0.3 is 4.74 Å². The predicted octanol–water partition coefficient (Wildman–Crippen LogP) is 4.59. The molecule has 0 radical (unpaired) electrons. The number of esters is 1. The summed E-state index contributed by atoms with van der Waals surface area (Å²) in [5, 5.41) is 13.0. The number of carbonyl (C=O) groups is 1. The average molecular weight is 321 g/mol. The van der Waals surface area contributed by atoms with Crippen LogP contribution in [0.4, 0.5) is 5.69 Å². The number of hydrogen-bond donors (Lipinski definition) is 0. The van der Waals surface area contributed by atoms with Crippen LogP contribution in [0.1, 0.15) is 17.3 Å². The molecule has 0 saturated heterocycles. The van der Waals surface area contributed by atoms with Crippen molar-refractivity contribution in [2.45, 2.75) is 6.92 Å². The first-order chi connectivity index (χ1) is 11.6. The molecule has 0 aromatic heterocycles. The second-order valence-corrected chi connectivity index (χ2v) is 5.24. The lowest BCUT2D eigenvalue weighted by molar-refractivity contribution is -0.382. The van der Waals surface area contributed by atoms with Gasteiger partial charge in [0.2, 0.25) is 0 Å². The van der Waals surface area contributed by atoms with Crippen molar-refractivity contribution in [2.24, 2.45) is 0 Å². The first-order valence-corrected chi connectivity index (χ1v) is 7.55. The SMILES string of the molecule is CCOC(=O)c1ccc(-c2ccc3ccccc3c2[N+](=O)[O-])cc1. The van der Waals surface area contributed by atoms with E-state index < -0.39 is 5.97 Å². The Bertz CT molecular complexity index is 916. The lowest BCUT2D eigenvalue weighted by atomic mass is 9.98. The van der Waals surface area contributed by atoms with Gasteiger partial charge in [-0.3, -0.25) is 10.1 Å². The molecular formula is C19H15NO4. The van der Waals surface area contributed by atoms with Gasteiger partial charge in [0.05, 0.1) is 28.0 Å². The van der Waals surface area contributed by atoms with Crippen LogP contribution in [0.25, 0.3) is 21.9 Å². The molecule has 3 aromatic rings. The molecule has 0 spiro atoms. The van der Waals surface area contributed by atoms with Crippen molar-refractivity contribution in [3.8, 4) is 11.1 Å². The van der Waals surface area contributed by atoms with E-state index in [1.54, 1.807) is 49.4 Å². The van der Waals surface area contributed by atoms with Crippen LogP contribution in [0.15, 0.2) is 60.7 Å².